The third-order valence-corrected chi connectivity index (χ3v) is 8.07. The molecule has 1 heterocycles. The van der Waals surface area contributed by atoms with Crippen LogP contribution in [0.3, 0.4) is 0 Å². The van der Waals surface area contributed by atoms with Crippen molar-refractivity contribution in [1.29, 1.82) is 0 Å². The van der Waals surface area contributed by atoms with E-state index in [0.717, 1.165) is 45.3 Å². The number of hydrogen-bond acceptors (Lipinski definition) is 10. The number of amides is 2. The Kier molecular flexibility index (Phi) is 18.7. The quantitative estimate of drug-likeness (QED) is 0.0549. The number of hydrazone groups is 2. The number of nitrogens with zero attached hydrogens (tertiary/aromatic N) is 3. The standard InChI is InChI=1S/C40H55N5O7/c1-7-9-10-11-12-13-22-51-35-18-16-31(24-37(35)48-5)27-41-44-39(46)33-26-34(30(4)43-29(33)3)40(47)45-42-28-32-17-19-36(38(25-32)49-6)52-23-15-14-21-50-20-8-2/h16-19,24-28H,7-15,20-23H2,1-6H3,(H,44,46)(H,45,47)/b41-27+,42-28+. The van der Waals surface area contributed by atoms with Crippen molar-refractivity contribution in [3.63, 3.8) is 0 Å². The largest absolute Gasteiger partial charge is 0.493 e. The Bertz CT molecular complexity index is 1510. The first-order valence-corrected chi connectivity index (χ1v) is 18.2. The molecule has 0 saturated carbocycles. The number of ether oxygens (including phenoxy) is 5. The van der Waals surface area contributed by atoms with Crippen LogP contribution >= 0.6 is 0 Å². The Morgan fingerprint density at radius 1 is 0.615 bits per heavy atom. The first-order chi connectivity index (χ1) is 25.3. The van der Waals surface area contributed by atoms with E-state index in [0.29, 0.717) is 58.7 Å². The van der Waals surface area contributed by atoms with Crippen LogP contribution in [-0.4, -0.2) is 69.9 Å². The predicted octanol–water partition coefficient (Wildman–Crippen LogP) is 7.57. The first-order valence-electron chi connectivity index (χ1n) is 18.2. The number of pyridine rings is 1. The highest BCUT2D eigenvalue weighted by molar-refractivity contribution is 6.01. The van der Waals surface area contributed by atoms with Gasteiger partial charge in [0.2, 0.25) is 0 Å². The number of carbonyl (C=O) groups excluding carboxylic acids is 2. The molecule has 0 saturated heterocycles. The molecule has 3 rings (SSSR count). The van der Waals surface area contributed by atoms with Crippen molar-refractivity contribution < 1.29 is 33.3 Å². The van der Waals surface area contributed by atoms with Crippen LogP contribution in [0.4, 0.5) is 0 Å². The second kappa shape index (κ2) is 23.5. The maximum atomic E-state index is 13.1. The smallest absolute Gasteiger partial charge is 0.273 e. The van der Waals surface area contributed by atoms with E-state index in [9.17, 15) is 9.59 Å². The van der Waals surface area contributed by atoms with Gasteiger partial charge in [0.05, 0.1) is 62.4 Å². The van der Waals surface area contributed by atoms with Crippen LogP contribution in [0.25, 0.3) is 0 Å². The number of hydrogen-bond donors (Lipinski definition) is 2. The SMILES string of the molecule is CCCCCCCCOc1ccc(/C=N/NC(=O)c2cc(C(=O)N/N=C/c3ccc(OCCCCOCCC)c(OC)c3)c(C)nc2C)cc1OC. The topological polar surface area (TPSA) is 142 Å². The van der Waals surface area contributed by atoms with Crippen molar-refractivity contribution in [2.24, 2.45) is 10.2 Å². The lowest BCUT2D eigenvalue weighted by Crippen LogP contribution is -2.23. The molecule has 0 aliphatic heterocycles. The fourth-order valence-corrected chi connectivity index (χ4v) is 5.20. The number of carbonyl (C=O) groups is 2. The van der Waals surface area contributed by atoms with Gasteiger partial charge in [0.15, 0.2) is 23.0 Å². The van der Waals surface area contributed by atoms with E-state index < -0.39 is 11.8 Å². The Morgan fingerprint density at radius 2 is 1.10 bits per heavy atom. The summed E-state index contributed by atoms with van der Waals surface area (Å²) in [6, 6.07) is 12.3. The summed E-state index contributed by atoms with van der Waals surface area (Å²) >= 11 is 0. The third kappa shape index (κ3) is 14.0. The lowest BCUT2D eigenvalue weighted by atomic mass is 10.1. The average molecular weight is 718 g/mol. The van der Waals surface area contributed by atoms with Crippen LogP contribution in [0.2, 0.25) is 0 Å². The van der Waals surface area contributed by atoms with Gasteiger partial charge in [0, 0.05) is 13.2 Å². The molecule has 282 valence electrons. The number of aryl methyl sites for hydroxylation is 2. The van der Waals surface area contributed by atoms with E-state index >= 15 is 0 Å². The first kappa shape index (κ1) is 41.5. The van der Waals surface area contributed by atoms with Crippen LogP contribution in [0.1, 0.15) is 115 Å². The predicted molar refractivity (Wildman–Crippen MR) is 205 cm³/mol. The van der Waals surface area contributed by atoms with Crippen molar-refractivity contribution in [2.75, 3.05) is 40.6 Å². The molecule has 2 N–H and O–H groups in total. The number of unbranched alkanes of at least 4 members (excludes halogenated alkanes) is 6. The van der Waals surface area contributed by atoms with E-state index in [-0.39, 0.29) is 11.1 Å². The fourth-order valence-electron chi connectivity index (χ4n) is 5.20. The molecule has 0 aliphatic rings. The average Bonchev–Trinajstić information content (AvgIpc) is 3.14. The molecule has 3 aromatic rings. The minimum atomic E-state index is -0.514. The molecule has 0 aliphatic carbocycles. The molecule has 0 fully saturated rings. The minimum Gasteiger partial charge on any atom is -0.493 e. The van der Waals surface area contributed by atoms with Gasteiger partial charge >= 0.3 is 0 Å². The van der Waals surface area contributed by atoms with Crippen molar-refractivity contribution in [3.05, 3.63) is 76.1 Å². The molecule has 0 bridgehead atoms. The summed E-state index contributed by atoms with van der Waals surface area (Å²) in [4.78, 5) is 30.6. The molecular weight excluding hydrogens is 662 g/mol. The summed E-state index contributed by atoms with van der Waals surface area (Å²) in [5, 5.41) is 8.22. The van der Waals surface area contributed by atoms with Crippen LogP contribution in [0.5, 0.6) is 23.0 Å². The minimum absolute atomic E-state index is 0.208. The number of methoxy groups -OCH3 is 2. The van der Waals surface area contributed by atoms with E-state index in [2.05, 4.69) is 39.9 Å². The molecule has 12 nitrogen and oxygen atoms in total. The van der Waals surface area contributed by atoms with Crippen molar-refractivity contribution in [1.82, 2.24) is 15.8 Å². The Morgan fingerprint density at radius 3 is 1.60 bits per heavy atom. The van der Waals surface area contributed by atoms with Gasteiger partial charge in [-0.25, -0.2) is 10.9 Å². The van der Waals surface area contributed by atoms with Gasteiger partial charge in [0.1, 0.15) is 0 Å². The number of benzene rings is 2. The van der Waals surface area contributed by atoms with E-state index in [4.69, 9.17) is 23.7 Å². The Balaban J connectivity index is 1.55. The summed E-state index contributed by atoms with van der Waals surface area (Å²) in [6.45, 7) is 10.4. The normalized spacial score (nSPS) is 11.2. The second-order valence-corrected chi connectivity index (χ2v) is 12.3. The molecule has 2 aromatic carbocycles. The highest BCUT2D eigenvalue weighted by Crippen LogP contribution is 2.29. The molecule has 52 heavy (non-hydrogen) atoms. The van der Waals surface area contributed by atoms with E-state index in [1.165, 1.54) is 44.2 Å². The van der Waals surface area contributed by atoms with Crippen molar-refractivity contribution in [2.45, 2.75) is 85.5 Å². The third-order valence-electron chi connectivity index (χ3n) is 8.07. The lowest BCUT2D eigenvalue weighted by Gasteiger charge is -2.11. The van der Waals surface area contributed by atoms with Gasteiger partial charge in [-0.15, -0.1) is 0 Å². The summed E-state index contributed by atoms with van der Waals surface area (Å²) in [7, 11) is 3.15. The maximum Gasteiger partial charge on any atom is 0.273 e. The van der Waals surface area contributed by atoms with Gasteiger partial charge in [-0.2, -0.15) is 10.2 Å². The second-order valence-electron chi connectivity index (χ2n) is 12.3. The fraction of sp³-hybridized carbons (Fsp3) is 0.475. The zero-order valence-corrected chi connectivity index (χ0v) is 31.6. The molecule has 12 heteroatoms. The molecule has 2 amide bonds. The number of rotatable bonds is 24. The van der Waals surface area contributed by atoms with Crippen molar-refractivity contribution >= 4 is 24.2 Å². The summed E-state index contributed by atoms with van der Waals surface area (Å²) in [5.74, 6) is 1.39. The van der Waals surface area contributed by atoms with Crippen molar-refractivity contribution in [3.8, 4) is 23.0 Å². The molecule has 0 spiro atoms. The Hall–Kier alpha value is -4.97. The van der Waals surface area contributed by atoms with E-state index in [1.807, 2.05) is 18.2 Å². The van der Waals surface area contributed by atoms with Gasteiger partial charge in [0.25, 0.3) is 11.8 Å². The number of aromatic nitrogens is 1. The van der Waals surface area contributed by atoms with Gasteiger partial charge in [-0.3, -0.25) is 14.6 Å². The monoisotopic (exact) mass is 717 g/mol. The van der Waals surface area contributed by atoms with Crippen LogP contribution < -0.4 is 29.8 Å². The highest BCUT2D eigenvalue weighted by atomic mass is 16.5. The highest BCUT2D eigenvalue weighted by Gasteiger charge is 2.17. The van der Waals surface area contributed by atoms with Crippen LogP contribution in [0, 0.1) is 13.8 Å². The zero-order chi connectivity index (χ0) is 37.6. The summed E-state index contributed by atoms with van der Waals surface area (Å²) in [6.07, 6.45) is 12.9. The molecule has 0 unspecified atom stereocenters. The molecule has 1 aromatic heterocycles. The van der Waals surface area contributed by atoms with Gasteiger partial charge in [-0.1, -0.05) is 46.0 Å². The molecule has 0 radical (unpaired) electrons. The maximum absolute atomic E-state index is 13.1. The van der Waals surface area contributed by atoms with Crippen LogP contribution in [-0.2, 0) is 4.74 Å². The van der Waals surface area contributed by atoms with Crippen LogP contribution in [0.15, 0.2) is 52.7 Å². The van der Waals surface area contributed by atoms with Gasteiger partial charge in [-0.05, 0) is 93.1 Å². The zero-order valence-electron chi connectivity index (χ0n) is 31.6. The van der Waals surface area contributed by atoms with Gasteiger partial charge < -0.3 is 23.7 Å². The Labute approximate surface area is 308 Å². The summed E-state index contributed by atoms with van der Waals surface area (Å²) < 4.78 is 28.3. The molecular formula is C40H55N5O7. The summed E-state index contributed by atoms with van der Waals surface area (Å²) in [5.41, 5.74) is 7.78. The lowest BCUT2D eigenvalue weighted by molar-refractivity contribution is 0.0954. The number of nitrogens with one attached hydrogen (secondary N) is 2. The molecule has 0 atom stereocenters. The van der Waals surface area contributed by atoms with E-state index in [1.54, 1.807) is 46.3 Å².